The van der Waals surface area contributed by atoms with Crippen molar-refractivity contribution in [2.45, 2.75) is 0 Å². The van der Waals surface area contributed by atoms with Crippen molar-refractivity contribution in [1.29, 1.82) is 0 Å². The fourth-order valence-electron chi connectivity index (χ4n) is 2.74. The van der Waals surface area contributed by atoms with E-state index in [0.29, 0.717) is 26.4 Å². The number of carboxylic acid groups (broad SMARTS) is 1. The molecule has 1 amide bonds. The fourth-order valence-corrected chi connectivity index (χ4v) is 3.71. The maximum atomic E-state index is 10.3. The second-order valence-electron chi connectivity index (χ2n) is 6.41. The van der Waals surface area contributed by atoms with E-state index in [-0.39, 0.29) is 6.54 Å². The van der Waals surface area contributed by atoms with Crippen LogP contribution in [0.3, 0.4) is 0 Å². The van der Waals surface area contributed by atoms with E-state index in [2.05, 4.69) is 40.5 Å². The van der Waals surface area contributed by atoms with Crippen LogP contribution >= 0.6 is 11.3 Å². The molecule has 0 atom stereocenters. The van der Waals surface area contributed by atoms with Gasteiger partial charge in [0.25, 0.3) is 0 Å². The highest BCUT2D eigenvalue weighted by Gasteiger charge is 2.07. The van der Waals surface area contributed by atoms with Gasteiger partial charge in [0.15, 0.2) is 0 Å². The monoisotopic (exact) mass is 415 g/mol. The van der Waals surface area contributed by atoms with E-state index in [4.69, 9.17) is 19.6 Å². The molecule has 0 saturated carbocycles. The highest BCUT2D eigenvalue weighted by Crippen LogP contribution is 2.30. The zero-order chi connectivity index (χ0) is 20.5. The van der Waals surface area contributed by atoms with Crippen LogP contribution in [0.15, 0.2) is 48.5 Å². The SMILES string of the molecule is CN(CCOCCOCCNC(=O)O)c1ccc(-c2nc3ccccc3s2)cc1. The van der Waals surface area contributed by atoms with Gasteiger partial charge in [-0.1, -0.05) is 12.1 Å². The summed E-state index contributed by atoms with van der Waals surface area (Å²) in [5, 5.41) is 11.7. The highest BCUT2D eigenvalue weighted by molar-refractivity contribution is 7.21. The summed E-state index contributed by atoms with van der Waals surface area (Å²) in [6, 6.07) is 16.6. The number of thiazole rings is 1. The predicted octanol–water partition coefficient (Wildman–Crippen LogP) is 3.70. The third-order valence-electron chi connectivity index (χ3n) is 4.31. The molecule has 0 aliphatic heterocycles. The summed E-state index contributed by atoms with van der Waals surface area (Å²) in [6.07, 6.45) is -1.04. The Labute approximate surface area is 173 Å². The van der Waals surface area contributed by atoms with E-state index in [1.165, 1.54) is 4.70 Å². The summed E-state index contributed by atoms with van der Waals surface area (Å²) in [5.74, 6) is 0. The minimum atomic E-state index is -1.04. The van der Waals surface area contributed by atoms with Crippen LogP contribution in [0, 0.1) is 0 Å². The Kier molecular flexibility index (Phi) is 7.80. The van der Waals surface area contributed by atoms with Crippen LogP contribution < -0.4 is 10.2 Å². The molecule has 3 rings (SSSR count). The molecule has 0 saturated heterocycles. The molecule has 0 bridgehead atoms. The van der Waals surface area contributed by atoms with E-state index >= 15 is 0 Å². The largest absolute Gasteiger partial charge is 0.465 e. The number of amides is 1. The van der Waals surface area contributed by atoms with Crippen LogP contribution in [0.4, 0.5) is 10.5 Å². The molecule has 7 nitrogen and oxygen atoms in total. The van der Waals surface area contributed by atoms with Crippen molar-refractivity contribution in [1.82, 2.24) is 10.3 Å². The molecule has 29 heavy (non-hydrogen) atoms. The quantitative estimate of drug-likeness (QED) is 0.465. The number of benzene rings is 2. The van der Waals surface area contributed by atoms with Crippen molar-refractivity contribution in [3.05, 3.63) is 48.5 Å². The van der Waals surface area contributed by atoms with Crippen molar-refractivity contribution >= 4 is 33.3 Å². The summed E-state index contributed by atoms with van der Waals surface area (Å²) in [7, 11) is 2.03. The molecule has 2 N–H and O–H groups in total. The molecule has 8 heteroatoms. The number of nitrogens with zero attached hydrogens (tertiary/aromatic N) is 2. The molecule has 1 heterocycles. The third kappa shape index (κ3) is 6.42. The predicted molar refractivity (Wildman–Crippen MR) is 116 cm³/mol. The van der Waals surface area contributed by atoms with Crippen LogP contribution in [-0.2, 0) is 9.47 Å². The van der Waals surface area contributed by atoms with Crippen molar-refractivity contribution in [3.8, 4) is 10.6 Å². The van der Waals surface area contributed by atoms with Gasteiger partial charge in [0.2, 0.25) is 0 Å². The number of nitrogens with one attached hydrogen (secondary N) is 1. The second kappa shape index (κ2) is 10.8. The zero-order valence-electron chi connectivity index (χ0n) is 16.3. The number of fused-ring (bicyclic) bond motifs is 1. The van der Waals surface area contributed by atoms with E-state index in [9.17, 15) is 4.79 Å². The Morgan fingerprint density at radius 1 is 1.07 bits per heavy atom. The summed E-state index contributed by atoms with van der Waals surface area (Å²) in [6.45, 7) is 2.91. The van der Waals surface area contributed by atoms with Crippen LogP contribution in [0.5, 0.6) is 0 Å². The summed E-state index contributed by atoms with van der Waals surface area (Å²) in [4.78, 5) is 17.1. The van der Waals surface area contributed by atoms with Gasteiger partial charge in [-0.3, -0.25) is 0 Å². The lowest BCUT2D eigenvalue weighted by Gasteiger charge is -2.19. The topological polar surface area (TPSA) is 83.9 Å². The van der Waals surface area contributed by atoms with Gasteiger partial charge in [0.1, 0.15) is 5.01 Å². The first-order valence-electron chi connectivity index (χ1n) is 9.43. The molecular weight excluding hydrogens is 390 g/mol. The minimum absolute atomic E-state index is 0.283. The van der Waals surface area contributed by atoms with Crippen LogP contribution in [-0.4, -0.2) is 62.7 Å². The van der Waals surface area contributed by atoms with Gasteiger partial charge in [-0.15, -0.1) is 11.3 Å². The smallest absolute Gasteiger partial charge is 0.404 e. The second-order valence-corrected chi connectivity index (χ2v) is 7.44. The Bertz CT molecular complexity index is 881. The van der Waals surface area contributed by atoms with Crippen molar-refractivity contribution in [3.63, 3.8) is 0 Å². The zero-order valence-corrected chi connectivity index (χ0v) is 17.2. The van der Waals surface area contributed by atoms with Crippen LogP contribution in [0.1, 0.15) is 0 Å². The molecule has 3 aromatic rings. The third-order valence-corrected chi connectivity index (χ3v) is 5.40. The number of para-hydroxylation sites is 1. The molecule has 154 valence electrons. The normalized spacial score (nSPS) is 10.9. The molecule has 0 radical (unpaired) electrons. The number of likely N-dealkylation sites (N-methyl/N-ethyl adjacent to an activating group) is 1. The first-order valence-corrected chi connectivity index (χ1v) is 10.2. The Balaban J connectivity index is 1.38. The lowest BCUT2D eigenvalue weighted by molar-refractivity contribution is 0.0516. The Morgan fingerprint density at radius 3 is 2.52 bits per heavy atom. The molecule has 0 aliphatic carbocycles. The molecule has 0 fully saturated rings. The Hall–Kier alpha value is -2.68. The van der Waals surface area contributed by atoms with Gasteiger partial charge >= 0.3 is 6.09 Å². The van der Waals surface area contributed by atoms with Gasteiger partial charge in [0.05, 0.1) is 36.6 Å². The fraction of sp³-hybridized carbons (Fsp3) is 0.333. The summed E-state index contributed by atoms with van der Waals surface area (Å²) < 4.78 is 12.0. The maximum absolute atomic E-state index is 10.3. The number of anilines is 1. The lowest BCUT2D eigenvalue weighted by Crippen LogP contribution is -2.26. The molecule has 0 aliphatic rings. The van der Waals surface area contributed by atoms with Crippen LogP contribution in [0.25, 0.3) is 20.8 Å². The number of rotatable bonds is 11. The van der Waals surface area contributed by atoms with E-state index in [1.807, 2.05) is 25.2 Å². The van der Waals surface area contributed by atoms with Crippen LogP contribution in [0.2, 0.25) is 0 Å². The average Bonchev–Trinajstić information content (AvgIpc) is 3.16. The molecule has 1 aromatic heterocycles. The van der Waals surface area contributed by atoms with E-state index < -0.39 is 6.09 Å². The van der Waals surface area contributed by atoms with E-state index in [0.717, 1.165) is 28.3 Å². The molecule has 2 aromatic carbocycles. The molecule has 0 unspecified atom stereocenters. The van der Waals surface area contributed by atoms with E-state index in [1.54, 1.807) is 11.3 Å². The van der Waals surface area contributed by atoms with Gasteiger partial charge in [0, 0.05) is 31.4 Å². The first kappa shape index (κ1) is 21.0. The molecular formula is C21H25N3O4S. The summed E-state index contributed by atoms with van der Waals surface area (Å²) >= 11 is 1.70. The van der Waals surface area contributed by atoms with Gasteiger partial charge in [-0.25, -0.2) is 9.78 Å². The average molecular weight is 416 g/mol. The van der Waals surface area contributed by atoms with Gasteiger partial charge < -0.3 is 24.8 Å². The first-order chi connectivity index (χ1) is 14.1. The number of ether oxygens (including phenoxy) is 2. The van der Waals surface area contributed by atoms with Crippen molar-refractivity contribution in [2.24, 2.45) is 0 Å². The standard InChI is InChI=1S/C21H25N3O4S/c1-24(11-13-28-15-14-27-12-10-22-21(25)26)17-8-6-16(7-9-17)20-23-18-4-2-3-5-19(18)29-20/h2-9,22H,10-15H2,1H3,(H,25,26). The molecule has 0 spiro atoms. The Morgan fingerprint density at radius 2 is 1.79 bits per heavy atom. The van der Waals surface area contributed by atoms with Crippen molar-refractivity contribution < 1.29 is 19.4 Å². The number of aromatic nitrogens is 1. The minimum Gasteiger partial charge on any atom is -0.465 e. The number of carbonyl (C=O) groups is 1. The van der Waals surface area contributed by atoms with Gasteiger partial charge in [-0.05, 0) is 36.4 Å². The summed E-state index contributed by atoms with van der Waals surface area (Å²) in [5.41, 5.74) is 3.27. The number of hydrogen-bond acceptors (Lipinski definition) is 6. The highest BCUT2D eigenvalue weighted by atomic mass is 32.1. The maximum Gasteiger partial charge on any atom is 0.404 e. The number of hydrogen-bond donors (Lipinski definition) is 2. The van der Waals surface area contributed by atoms with Gasteiger partial charge in [-0.2, -0.15) is 0 Å². The van der Waals surface area contributed by atoms with Crippen molar-refractivity contribution in [2.75, 3.05) is 51.5 Å². The lowest BCUT2D eigenvalue weighted by atomic mass is 10.2.